The third kappa shape index (κ3) is 3.90. The van der Waals surface area contributed by atoms with E-state index in [1.807, 2.05) is 36.7 Å². The van der Waals surface area contributed by atoms with Crippen molar-refractivity contribution < 1.29 is 14.3 Å². The van der Waals surface area contributed by atoms with Crippen molar-refractivity contribution in [3.63, 3.8) is 0 Å². The number of esters is 1. The van der Waals surface area contributed by atoms with Gasteiger partial charge in [-0.1, -0.05) is 25.1 Å². The summed E-state index contributed by atoms with van der Waals surface area (Å²) in [7, 11) is 0. The zero-order chi connectivity index (χ0) is 18.0. The highest BCUT2D eigenvalue weighted by atomic mass is 16.5. The molecule has 1 amide bonds. The zero-order valence-electron chi connectivity index (χ0n) is 14.8. The van der Waals surface area contributed by atoms with Gasteiger partial charge in [-0.3, -0.25) is 9.48 Å². The zero-order valence-corrected chi connectivity index (χ0v) is 14.8. The van der Waals surface area contributed by atoms with E-state index in [4.69, 9.17) is 4.74 Å². The number of fused-ring (bicyclic) bond motifs is 1. The van der Waals surface area contributed by atoms with E-state index in [0.29, 0.717) is 18.5 Å². The van der Waals surface area contributed by atoms with E-state index < -0.39 is 12.1 Å². The van der Waals surface area contributed by atoms with Crippen LogP contribution in [0.1, 0.15) is 34.2 Å². The molecule has 0 spiro atoms. The number of carbonyl (C=O) groups excluding carboxylic acids is 2. The Balaban J connectivity index is 1.54. The fraction of sp³-hybridized carbons (Fsp3) is 0.421. The molecule has 1 aromatic heterocycles. The summed E-state index contributed by atoms with van der Waals surface area (Å²) in [6.45, 7) is 7.27. The van der Waals surface area contributed by atoms with Crippen molar-refractivity contribution in [1.82, 2.24) is 15.1 Å². The van der Waals surface area contributed by atoms with Crippen LogP contribution in [0.15, 0.2) is 30.3 Å². The molecule has 1 aromatic carbocycles. The van der Waals surface area contributed by atoms with Crippen molar-refractivity contribution in [1.29, 1.82) is 0 Å². The van der Waals surface area contributed by atoms with Gasteiger partial charge in [-0.2, -0.15) is 5.10 Å². The van der Waals surface area contributed by atoms with Gasteiger partial charge in [0.05, 0.1) is 11.3 Å². The maximum absolute atomic E-state index is 12.4. The van der Waals surface area contributed by atoms with Gasteiger partial charge in [0.25, 0.3) is 5.91 Å². The minimum absolute atomic E-state index is 0.216. The van der Waals surface area contributed by atoms with Gasteiger partial charge >= 0.3 is 5.97 Å². The number of nitrogens with one attached hydrogen (secondary N) is 1. The Bertz CT molecular complexity index is 797. The lowest BCUT2D eigenvalue weighted by Crippen LogP contribution is -2.43. The van der Waals surface area contributed by atoms with Crippen LogP contribution in [0.5, 0.6) is 0 Å². The summed E-state index contributed by atoms with van der Waals surface area (Å²) in [6.07, 6.45) is -0.345. The Morgan fingerprint density at radius 3 is 2.88 bits per heavy atom. The van der Waals surface area contributed by atoms with Crippen molar-refractivity contribution in [3.05, 3.63) is 52.8 Å². The standard InChI is InChI=1S/C19H23N3O3/c1-12(11-22-14(3)8-13(2)21-22)10-20-18(23)17-9-15-6-4-5-7-16(15)19(24)25-17/h4-8,12,17H,9-11H2,1-3H3,(H,20,23). The average molecular weight is 341 g/mol. The van der Waals surface area contributed by atoms with Crippen LogP contribution >= 0.6 is 0 Å². The van der Waals surface area contributed by atoms with Crippen LogP contribution in [0.4, 0.5) is 0 Å². The highest BCUT2D eigenvalue weighted by molar-refractivity contribution is 5.95. The normalized spacial score (nSPS) is 17.6. The first kappa shape index (κ1) is 17.2. The van der Waals surface area contributed by atoms with E-state index in [9.17, 15) is 9.59 Å². The number of hydrogen-bond donors (Lipinski definition) is 1. The van der Waals surface area contributed by atoms with Gasteiger partial charge < -0.3 is 10.1 Å². The summed E-state index contributed by atoms with van der Waals surface area (Å²) >= 11 is 0. The predicted octanol–water partition coefficient (Wildman–Crippen LogP) is 2.03. The molecule has 2 unspecified atom stereocenters. The van der Waals surface area contributed by atoms with Crippen LogP contribution in [0.3, 0.4) is 0 Å². The molecule has 25 heavy (non-hydrogen) atoms. The molecule has 0 aliphatic carbocycles. The molecule has 132 valence electrons. The Kier molecular flexibility index (Phi) is 4.88. The third-order valence-electron chi connectivity index (χ3n) is 4.40. The highest BCUT2D eigenvalue weighted by Gasteiger charge is 2.30. The Labute approximate surface area is 147 Å². The fourth-order valence-corrected chi connectivity index (χ4v) is 3.09. The van der Waals surface area contributed by atoms with Crippen molar-refractivity contribution in [2.24, 2.45) is 5.92 Å². The molecule has 2 atom stereocenters. The molecule has 6 nitrogen and oxygen atoms in total. The molecule has 1 aliphatic rings. The van der Waals surface area contributed by atoms with Gasteiger partial charge in [-0.15, -0.1) is 0 Å². The number of benzene rings is 1. The van der Waals surface area contributed by atoms with Gasteiger partial charge in [0.1, 0.15) is 0 Å². The number of nitrogens with zero attached hydrogens (tertiary/aromatic N) is 2. The second-order valence-electron chi connectivity index (χ2n) is 6.71. The van der Waals surface area contributed by atoms with Gasteiger partial charge in [-0.05, 0) is 37.5 Å². The van der Waals surface area contributed by atoms with Crippen LogP contribution in [0.2, 0.25) is 0 Å². The Morgan fingerprint density at radius 1 is 1.40 bits per heavy atom. The number of aryl methyl sites for hydroxylation is 2. The number of ether oxygens (including phenoxy) is 1. The molecule has 0 fully saturated rings. The summed E-state index contributed by atoms with van der Waals surface area (Å²) in [6, 6.07) is 9.28. The Hall–Kier alpha value is -2.63. The maximum atomic E-state index is 12.4. The molecule has 0 bridgehead atoms. The number of aromatic nitrogens is 2. The summed E-state index contributed by atoms with van der Waals surface area (Å²) in [5.41, 5.74) is 3.49. The van der Waals surface area contributed by atoms with Crippen molar-refractivity contribution >= 4 is 11.9 Å². The lowest BCUT2D eigenvalue weighted by atomic mass is 9.98. The summed E-state index contributed by atoms with van der Waals surface area (Å²) < 4.78 is 7.23. The number of hydrogen-bond acceptors (Lipinski definition) is 4. The SMILES string of the molecule is Cc1cc(C)n(CC(C)CNC(=O)C2Cc3ccccc3C(=O)O2)n1. The largest absolute Gasteiger partial charge is 0.448 e. The quantitative estimate of drug-likeness (QED) is 0.845. The molecular formula is C19H23N3O3. The van der Waals surface area contributed by atoms with E-state index in [0.717, 1.165) is 23.5 Å². The Morgan fingerprint density at radius 2 is 2.16 bits per heavy atom. The predicted molar refractivity (Wildman–Crippen MR) is 93.2 cm³/mol. The second kappa shape index (κ2) is 7.09. The maximum Gasteiger partial charge on any atom is 0.339 e. The topological polar surface area (TPSA) is 73.2 Å². The van der Waals surface area contributed by atoms with Crippen molar-refractivity contribution in [3.8, 4) is 0 Å². The van der Waals surface area contributed by atoms with E-state index >= 15 is 0 Å². The van der Waals surface area contributed by atoms with Gasteiger partial charge in [-0.25, -0.2) is 4.79 Å². The van der Waals surface area contributed by atoms with Crippen LogP contribution in [0, 0.1) is 19.8 Å². The molecule has 6 heteroatoms. The molecule has 2 aromatic rings. The van der Waals surface area contributed by atoms with Crippen LogP contribution in [0.25, 0.3) is 0 Å². The van der Waals surface area contributed by atoms with Crippen molar-refractivity contribution in [2.45, 2.75) is 39.8 Å². The first-order valence-corrected chi connectivity index (χ1v) is 8.51. The number of amides is 1. The molecular weight excluding hydrogens is 318 g/mol. The number of carbonyl (C=O) groups is 2. The molecule has 1 N–H and O–H groups in total. The van der Waals surface area contributed by atoms with E-state index in [1.165, 1.54) is 0 Å². The van der Waals surface area contributed by atoms with Gasteiger partial charge in [0.2, 0.25) is 0 Å². The summed E-state index contributed by atoms with van der Waals surface area (Å²) in [4.78, 5) is 24.4. The highest BCUT2D eigenvalue weighted by Crippen LogP contribution is 2.20. The first-order valence-electron chi connectivity index (χ1n) is 8.51. The molecule has 3 rings (SSSR count). The van der Waals surface area contributed by atoms with Gasteiger partial charge in [0, 0.05) is 25.2 Å². The number of cyclic esters (lactones) is 1. The lowest BCUT2D eigenvalue weighted by Gasteiger charge is -2.24. The van der Waals surface area contributed by atoms with Crippen LogP contribution < -0.4 is 5.32 Å². The van der Waals surface area contributed by atoms with E-state index in [2.05, 4.69) is 17.3 Å². The molecule has 0 saturated heterocycles. The van der Waals surface area contributed by atoms with Gasteiger partial charge in [0.15, 0.2) is 6.10 Å². The molecule has 1 aliphatic heterocycles. The minimum Gasteiger partial charge on any atom is -0.448 e. The molecule has 0 saturated carbocycles. The molecule has 0 radical (unpaired) electrons. The van der Waals surface area contributed by atoms with E-state index in [1.54, 1.807) is 12.1 Å². The van der Waals surface area contributed by atoms with Crippen molar-refractivity contribution in [2.75, 3.05) is 6.54 Å². The smallest absolute Gasteiger partial charge is 0.339 e. The summed E-state index contributed by atoms with van der Waals surface area (Å²) in [5.74, 6) is -0.464. The monoisotopic (exact) mass is 341 g/mol. The minimum atomic E-state index is -0.761. The lowest BCUT2D eigenvalue weighted by molar-refractivity contribution is -0.130. The van der Waals surface area contributed by atoms with Crippen LogP contribution in [-0.2, 0) is 22.5 Å². The third-order valence-corrected chi connectivity index (χ3v) is 4.40. The second-order valence-corrected chi connectivity index (χ2v) is 6.71. The summed E-state index contributed by atoms with van der Waals surface area (Å²) in [5, 5.41) is 7.33. The first-order chi connectivity index (χ1) is 11.9. The number of rotatable bonds is 5. The average Bonchev–Trinajstić information content (AvgIpc) is 2.89. The van der Waals surface area contributed by atoms with Crippen LogP contribution in [-0.4, -0.2) is 34.3 Å². The fourth-order valence-electron chi connectivity index (χ4n) is 3.09. The molecule has 2 heterocycles. The van der Waals surface area contributed by atoms with E-state index in [-0.39, 0.29) is 11.8 Å².